The molecule has 0 spiro atoms. The Labute approximate surface area is 100 Å². The fourth-order valence-electron chi connectivity index (χ4n) is 1.40. The summed E-state index contributed by atoms with van der Waals surface area (Å²) in [7, 11) is 1.73. The van der Waals surface area contributed by atoms with Crippen LogP contribution in [0.4, 0.5) is 0 Å². The molecule has 0 aliphatic heterocycles. The summed E-state index contributed by atoms with van der Waals surface area (Å²) in [6.07, 6.45) is 3.32. The summed E-state index contributed by atoms with van der Waals surface area (Å²) in [4.78, 5) is 1.29. The lowest BCUT2D eigenvalue weighted by Gasteiger charge is -2.15. The van der Waals surface area contributed by atoms with Crippen molar-refractivity contribution in [1.82, 2.24) is 5.32 Å². The molecule has 86 valence electrons. The Hall–Kier alpha value is -0.190. The van der Waals surface area contributed by atoms with Crippen molar-refractivity contribution in [3.05, 3.63) is 16.3 Å². The zero-order valence-electron chi connectivity index (χ0n) is 9.58. The molecule has 0 amide bonds. The summed E-state index contributed by atoms with van der Waals surface area (Å²) < 4.78 is 5.28. The molecule has 0 aliphatic rings. The first kappa shape index (κ1) is 12.9. The molecule has 1 aromatic heterocycles. The van der Waals surface area contributed by atoms with E-state index in [1.807, 2.05) is 17.8 Å². The van der Waals surface area contributed by atoms with Gasteiger partial charge in [-0.25, -0.2) is 0 Å². The second kappa shape index (κ2) is 7.14. The van der Waals surface area contributed by atoms with Gasteiger partial charge in [0.15, 0.2) is 0 Å². The Balaban J connectivity index is 2.41. The van der Waals surface area contributed by atoms with Gasteiger partial charge in [-0.1, -0.05) is 6.92 Å². The third-order valence-corrected chi connectivity index (χ3v) is 3.97. The van der Waals surface area contributed by atoms with Crippen LogP contribution in [0.5, 0.6) is 5.75 Å². The molecule has 15 heavy (non-hydrogen) atoms. The molecule has 0 saturated heterocycles. The quantitative estimate of drug-likeness (QED) is 0.798. The van der Waals surface area contributed by atoms with Gasteiger partial charge in [0, 0.05) is 18.3 Å². The fourth-order valence-corrected chi connectivity index (χ4v) is 2.94. The number of ether oxygens (including phenoxy) is 1. The minimum absolute atomic E-state index is 0.604. The molecule has 1 aromatic rings. The van der Waals surface area contributed by atoms with Crippen LogP contribution in [-0.4, -0.2) is 25.2 Å². The minimum Gasteiger partial charge on any atom is -0.496 e. The SMILES string of the molecule is CCC(CSC)NCc1sccc1OC. The number of hydrogen-bond donors (Lipinski definition) is 1. The van der Waals surface area contributed by atoms with Crippen LogP contribution in [0.3, 0.4) is 0 Å². The topological polar surface area (TPSA) is 21.3 Å². The van der Waals surface area contributed by atoms with Gasteiger partial charge in [0.25, 0.3) is 0 Å². The van der Waals surface area contributed by atoms with Gasteiger partial charge in [-0.3, -0.25) is 0 Å². The molecule has 1 unspecified atom stereocenters. The molecule has 1 rings (SSSR count). The molecule has 2 nitrogen and oxygen atoms in total. The van der Waals surface area contributed by atoms with Crippen molar-refractivity contribution in [2.45, 2.75) is 25.9 Å². The van der Waals surface area contributed by atoms with Crippen LogP contribution >= 0.6 is 23.1 Å². The Kier molecular flexibility index (Phi) is 6.13. The van der Waals surface area contributed by atoms with Crippen LogP contribution in [0.1, 0.15) is 18.2 Å². The van der Waals surface area contributed by atoms with E-state index in [1.165, 1.54) is 17.1 Å². The summed E-state index contributed by atoms with van der Waals surface area (Å²) >= 11 is 3.64. The van der Waals surface area contributed by atoms with Crippen molar-refractivity contribution < 1.29 is 4.74 Å². The van der Waals surface area contributed by atoms with Crippen LogP contribution in [0.15, 0.2) is 11.4 Å². The summed E-state index contributed by atoms with van der Waals surface area (Å²) in [5.41, 5.74) is 0. The minimum atomic E-state index is 0.604. The van der Waals surface area contributed by atoms with Crippen LogP contribution in [0.25, 0.3) is 0 Å². The van der Waals surface area contributed by atoms with Crippen LogP contribution < -0.4 is 10.1 Å². The van der Waals surface area contributed by atoms with Crippen molar-refractivity contribution in [1.29, 1.82) is 0 Å². The van der Waals surface area contributed by atoms with E-state index in [0.29, 0.717) is 6.04 Å². The van der Waals surface area contributed by atoms with Gasteiger partial charge in [-0.15, -0.1) is 11.3 Å². The van der Waals surface area contributed by atoms with Gasteiger partial charge in [0.2, 0.25) is 0 Å². The molecule has 1 heterocycles. The molecule has 1 atom stereocenters. The first-order valence-electron chi connectivity index (χ1n) is 5.14. The highest BCUT2D eigenvalue weighted by Gasteiger charge is 2.08. The predicted octanol–water partition coefficient (Wildman–Crippen LogP) is 2.99. The largest absolute Gasteiger partial charge is 0.496 e. The van der Waals surface area contributed by atoms with E-state index in [4.69, 9.17) is 4.74 Å². The second-order valence-electron chi connectivity index (χ2n) is 3.35. The lowest BCUT2D eigenvalue weighted by molar-refractivity contribution is 0.409. The third-order valence-electron chi connectivity index (χ3n) is 2.34. The van der Waals surface area contributed by atoms with E-state index in [-0.39, 0.29) is 0 Å². The summed E-state index contributed by atoms with van der Waals surface area (Å²) in [5.74, 6) is 2.18. The van der Waals surface area contributed by atoms with Crippen molar-refractivity contribution >= 4 is 23.1 Å². The average Bonchev–Trinajstić information content (AvgIpc) is 2.71. The van der Waals surface area contributed by atoms with Crippen molar-refractivity contribution in [3.8, 4) is 5.75 Å². The highest BCUT2D eigenvalue weighted by Crippen LogP contribution is 2.24. The van der Waals surface area contributed by atoms with E-state index in [1.54, 1.807) is 18.4 Å². The van der Waals surface area contributed by atoms with E-state index < -0.39 is 0 Å². The average molecular weight is 245 g/mol. The molecule has 0 aromatic carbocycles. The number of thiophene rings is 1. The molecule has 0 saturated carbocycles. The van der Waals surface area contributed by atoms with E-state index >= 15 is 0 Å². The van der Waals surface area contributed by atoms with Gasteiger partial charge >= 0.3 is 0 Å². The zero-order valence-corrected chi connectivity index (χ0v) is 11.2. The lowest BCUT2D eigenvalue weighted by atomic mass is 10.2. The summed E-state index contributed by atoms with van der Waals surface area (Å²) in [6, 6.07) is 2.63. The molecular formula is C11H19NOS2. The molecule has 1 N–H and O–H groups in total. The maximum absolute atomic E-state index is 5.28. The van der Waals surface area contributed by atoms with Gasteiger partial charge < -0.3 is 10.1 Å². The lowest BCUT2D eigenvalue weighted by Crippen LogP contribution is -2.29. The maximum Gasteiger partial charge on any atom is 0.134 e. The number of nitrogens with one attached hydrogen (secondary N) is 1. The van der Waals surface area contributed by atoms with E-state index in [0.717, 1.165) is 12.3 Å². The van der Waals surface area contributed by atoms with Gasteiger partial charge in [0.1, 0.15) is 5.75 Å². The van der Waals surface area contributed by atoms with Crippen LogP contribution in [0, 0.1) is 0 Å². The standard InChI is InChI=1S/C11H19NOS2/c1-4-9(8-14-3)12-7-11-10(13-2)5-6-15-11/h5-6,9,12H,4,7-8H2,1-3H3. The molecule has 4 heteroatoms. The summed E-state index contributed by atoms with van der Waals surface area (Å²) in [5, 5.41) is 5.63. The number of methoxy groups -OCH3 is 1. The molecule has 0 bridgehead atoms. The smallest absolute Gasteiger partial charge is 0.134 e. The number of hydrogen-bond acceptors (Lipinski definition) is 4. The molecular weight excluding hydrogens is 226 g/mol. The maximum atomic E-state index is 5.28. The van der Waals surface area contributed by atoms with Crippen molar-refractivity contribution in [2.24, 2.45) is 0 Å². The van der Waals surface area contributed by atoms with Gasteiger partial charge in [-0.2, -0.15) is 11.8 Å². The highest BCUT2D eigenvalue weighted by atomic mass is 32.2. The Morgan fingerprint density at radius 3 is 3.00 bits per heavy atom. The molecule has 0 aliphatic carbocycles. The monoisotopic (exact) mass is 245 g/mol. The molecule has 0 radical (unpaired) electrons. The van der Waals surface area contributed by atoms with Gasteiger partial charge in [0.05, 0.1) is 12.0 Å². The fraction of sp³-hybridized carbons (Fsp3) is 0.636. The number of rotatable bonds is 7. The van der Waals surface area contributed by atoms with E-state index in [2.05, 4.69) is 23.9 Å². The summed E-state index contributed by atoms with van der Waals surface area (Å²) in [6.45, 7) is 3.14. The Morgan fingerprint density at radius 2 is 2.40 bits per heavy atom. The second-order valence-corrected chi connectivity index (χ2v) is 5.26. The van der Waals surface area contributed by atoms with Crippen LogP contribution in [0.2, 0.25) is 0 Å². The Bertz CT molecular complexity index is 275. The van der Waals surface area contributed by atoms with Crippen molar-refractivity contribution in [3.63, 3.8) is 0 Å². The molecule has 0 fully saturated rings. The highest BCUT2D eigenvalue weighted by molar-refractivity contribution is 7.98. The van der Waals surface area contributed by atoms with Crippen molar-refractivity contribution in [2.75, 3.05) is 19.1 Å². The predicted molar refractivity (Wildman–Crippen MR) is 70.2 cm³/mol. The first-order valence-corrected chi connectivity index (χ1v) is 7.41. The van der Waals surface area contributed by atoms with E-state index in [9.17, 15) is 0 Å². The Morgan fingerprint density at radius 1 is 1.60 bits per heavy atom. The normalized spacial score (nSPS) is 12.7. The van der Waals surface area contributed by atoms with Crippen LogP contribution in [-0.2, 0) is 6.54 Å². The van der Waals surface area contributed by atoms with Gasteiger partial charge in [-0.05, 0) is 24.1 Å². The first-order chi connectivity index (χ1) is 7.31. The zero-order chi connectivity index (χ0) is 11.1. The third kappa shape index (κ3) is 4.05. The number of thioether (sulfide) groups is 1.